The lowest BCUT2D eigenvalue weighted by atomic mass is 9.91. The first-order valence-electron chi connectivity index (χ1n) is 17.3. The Morgan fingerprint density at radius 2 is 1.55 bits per heavy atom. The number of ether oxygens (including phenoxy) is 2. The van der Waals surface area contributed by atoms with Gasteiger partial charge in [-0.3, -0.25) is 9.69 Å². The Morgan fingerprint density at radius 3 is 2.11 bits per heavy atom. The fourth-order valence-electron chi connectivity index (χ4n) is 6.48. The molecule has 1 fully saturated rings. The molecule has 2 aliphatic heterocycles. The quantitative estimate of drug-likeness (QED) is 0.142. The zero-order valence-corrected chi connectivity index (χ0v) is 29.3. The van der Waals surface area contributed by atoms with Crippen LogP contribution in [0.2, 0.25) is 0 Å². The van der Waals surface area contributed by atoms with Crippen molar-refractivity contribution in [1.29, 1.82) is 0 Å². The molecular formula is C35H37F9N6O5. The summed E-state index contributed by atoms with van der Waals surface area (Å²) in [5.74, 6) is -1.22. The molecule has 4 heterocycles. The van der Waals surface area contributed by atoms with Crippen molar-refractivity contribution in [3.8, 4) is 0 Å². The lowest BCUT2D eigenvalue weighted by Crippen LogP contribution is -2.48. The van der Waals surface area contributed by atoms with Crippen LogP contribution in [0.25, 0.3) is 0 Å². The fourth-order valence-corrected chi connectivity index (χ4v) is 6.48. The van der Waals surface area contributed by atoms with E-state index < -0.39 is 71.6 Å². The summed E-state index contributed by atoms with van der Waals surface area (Å²) in [7, 11) is 0. The van der Waals surface area contributed by atoms with Gasteiger partial charge in [0.15, 0.2) is 0 Å². The molecule has 1 aromatic carbocycles. The summed E-state index contributed by atoms with van der Waals surface area (Å²) < 4.78 is 137. The van der Waals surface area contributed by atoms with Crippen LogP contribution in [0.3, 0.4) is 0 Å². The minimum atomic E-state index is -5.18. The highest BCUT2D eigenvalue weighted by molar-refractivity contribution is 5.90. The molecule has 55 heavy (non-hydrogen) atoms. The van der Waals surface area contributed by atoms with Gasteiger partial charge in [0.05, 0.1) is 66.5 Å². The molecule has 11 nitrogen and oxygen atoms in total. The zero-order chi connectivity index (χ0) is 40.1. The Balaban J connectivity index is 1.60. The Hall–Kier alpha value is -4.88. The van der Waals surface area contributed by atoms with Gasteiger partial charge >= 0.3 is 30.6 Å². The van der Waals surface area contributed by atoms with Crippen molar-refractivity contribution in [3.05, 3.63) is 70.8 Å². The number of halogens is 9. The standard InChI is InChI=1S/C35H37F9N6O5/c1-2-24-17-27(30-26(7-8-28(47-30)35(42,43)44)50(24)32(53)55-11-5-3-4-6-29(51)52)49(31-45-18-25(19-46-31)48-9-12-54-13-10-48)20-21-14-22(33(36,37)38)16-23(15-21)34(39,40)41/h7-8,14-16,18-19,24,27H,2-6,9-13,17,20H2,1H3,(H,51,52)/t24-,27?/m1/s1. The van der Waals surface area contributed by atoms with Gasteiger partial charge in [-0.2, -0.15) is 39.5 Å². The Labute approximate surface area is 309 Å². The number of alkyl halides is 9. The molecule has 5 rings (SSSR count). The highest BCUT2D eigenvalue weighted by Crippen LogP contribution is 2.45. The number of hydrogen-bond acceptors (Lipinski definition) is 9. The molecule has 0 radical (unpaired) electrons. The Kier molecular flexibility index (Phi) is 12.7. The van der Waals surface area contributed by atoms with E-state index >= 15 is 0 Å². The minimum absolute atomic E-state index is 0.0305. The van der Waals surface area contributed by atoms with Crippen molar-refractivity contribution in [2.75, 3.05) is 47.6 Å². The van der Waals surface area contributed by atoms with Crippen LogP contribution in [0, 0.1) is 0 Å². The van der Waals surface area contributed by atoms with Crippen molar-refractivity contribution in [1.82, 2.24) is 15.0 Å². The number of unbranched alkanes of at least 4 members (excludes halogenated alkanes) is 2. The van der Waals surface area contributed by atoms with Crippen molar-refractivity contribution in [3.63, 3.8) is 0 Å². The average Bonchev–Trinajstić information content (AvgIpc) is 3.13. The molecular weight excluding hydrogens is 755 g/mol. The van der Waals surface area contributed by atoms with Crippen molar-refractivity contribution >= 4 is 29.4 Å². The van der Waals surface area contributed by atoms with Crippen LogP contribution in [0.4, 0.5) is 61.6 Å². The number of morpholine rings is 1. The van der Waals surface area contributed by atoms with Gasteiger partial charge in [-0.15, -0.1) is 0 Å². The SMILES string of the molecule is CC[C@@H]1CC(N(Cc2cc(C(F)(F)F)cc(C(F)(F)F)c2)c2ncc(N3CCOCC3)cn2)c2nc(C(F)(F)F)ccc2N1C(=O)OCCCCCC(=O)O. The number of rotatable bonds is 12. The van der Waals surface area contributed by atoms with Crippen molar-refractivity contribution in [2.24, 2.45) is 0 Å². The van der Waals surface area contributed by atoms with Crippen LogP contribution in [0.15, 0.2) is 42.7 Å². The van der Waals surface area contributed by atoms with E-state index in [0.717, 1.165) is 11.0 Å². The molecule has 1 amide bonds. The highest BCUT2D eigenvalue weighted by atomic mass is 19.4. The summed E-state index contributed by atoms with van der Waals surface area (Å²) in [6, 6.07) is 0.563. The van der Waals surface area contributed by atoms with Gasteiger partial charge in [0.25, 0.3) is 0 Å². The van der Waals surface area contributed by atoms with E-state index in [0.29, 0.717) is 69.5 Å². The number of carbonyl (C=O) groups excluding carboxylic acids is 1. The smallest absolute Gasteiger partial charge is 0.433 e. The third-order valence-corrected chi connectivity index (χ3v) is 9.19. The van der Waals surface area contributed by atoms with E-state index in [2.05, 4.69) is 15.0 Å². The van der Waals surface area contributed by atoms with E-state index in [1.54, 1.807) is 6.92 Å². The number of carbonyl (C=O) groups is 2. The Bertz CT molecular complexity index is 1770. The van der Waals surface area contributed by atoms with Gasteiger partial charge in [0.2, 0.25) is 5.95 Å². The zero-order valence-electron chi connectivity index (χ0n) is 29.3. The van der Waals surface area contributed by atoms with Gasteiger partial charge in [-0.25, -0.2) is 19.7 Å². The molecule has 20 heteroatoms. The lowest BCUT2D eigenvalue weighted by molar-refractivity contribution is -0.143. The summed E-state index contributed by atoms with van der Waals surface area (Å²) in [6.45, 7) is 2.57. The number of nitrogens with zero attached hydrogens (tertiary/aromatic N) is 6. The first-order chi connectivity index (χ1) is 25.9. The van der Waals surface area contributed by atoms with Gasteiger partial charge in [-0.1, -0.05) is 6.92 Å². The number of carboxylic acid groups (broad SMARTS) is 1. The van der Waals surface area contributed by atoms with Gasteiger partial charge in [0, 0.05) is 32.1 Å². The van der Waals surface area contributed by atoms with E-state index in [1.807, 2.05) is 4.90 Å². The largest absolute Gasteiger partial charge is 0.481 e. The summed E-state index contributed by atoms with van der Waals surface area (Å²) in [4.78, 5) is 41.2. The first-order valence-corrected chi connectivity index (χ1v) is 17.3. The molecule has 0 saturated carbocycles. The molecule has 300 valence electrons. The number of anilines is 3. The van der Waals surface area contributed by atoms with Gasteiger partial charge < -0.3 is 24.4 Å². The summed E-state index contributed by atoms with van der Waals surface area (Å²) >= 11 is 0. The van der Waals surface area contributed by atoms with E-state index in [4.69, 9.17) is 14.6 Å². The number of aromatic nitrogens is 3. The number of amides is 1. The highest BCUT2D eigenvalue weighted by Gasteiger charge is 2.44. The van der Waals surface area contributed by atoms with Crippen molar-refractivity contribution in [2.45, 2.75) is 82.6 Å². The molecule has 2 atom stereocenters. The van der Waals surface area contributed by atoms with Crippen LogP contribution in [0.1, 0.15) is 79.6 Å². The lowest BCUT2D eigenvalue weighted by Gasteiger charge is -2.43. The molecule has 1 N–H and O–H groups in total. The summed E-state index contributed by atoms with van der Waals surface area (Å²) in [5, 5.41) is 8.84. The third-order valence-electron chi connectivity index (χ3n) is 9.19. The second kappa shape index (κ2) is 16.9. The van der Waals surface area contributed by atoms with Crippen LogP contribution in [-0.2, 0) is 39.3 Å². The fraction of sp³-hybridized carbons (Fsp3) is 0.514. The molecule has 3 aromatic rings. The maximum absolute atomic E-state index is 14.1. The van der Waals surface area contributed by atoms with Gasteiger partial charge in [0.1, 0.15) is 5.69 Å². The Morgan fingerprint density at radius 1 is 0.909 bits per heavy atom. The predicted octanol–water partition coefficient (Wildman–Crippen LogP) is 8.28. The van der Waals surface area contributed by atoms with E-state index in [9.17, 15) is 49.1 Å². The first kappa shape index (κ1) is 41.3. The second-order valence-corrected chi connectivity index (χ2v) is 13.0. The number of carboxylic acids is 1. The molecule has 2 aromatic heterocycles. The molecule has 1 unspecified atom stereocenters. The van der Waals surface area contributed by atoms with Crippen LogP contribution in [-0.4, -0.2) is 71.1 Å². The molecule has 1 saturated heterocycles. The number of aliphatic carboxylic acids is 1. The number of pyridine rings is 1. The van der Waals surface area contributed by atoms with E-state index in [-0.39, 0.29) is 49.3 Å². The van der Waals surface area contributed by atoms with Gasteiger partial charge in [-0.05, 0) is 68.0 Å². The maximum Gasteiger partial charge on any atom is 0.433 e. The second-order valence-electron chi connectivity index (χ2n) is 13.0. The molecule has 0 aliphatic carbocycles. The third kappa shape index (κ3) is 10.3. The topological polar surface area (TPSA) is 121 Å². The molecule has 2 aliphatic rings. The van der Waals surface area contributed by atoms with Crippen molar-refractivity contribution < 1.29 is 63.7 Å². The van der Waals surface area contributed by atoms with Crippen LogP contribution in [0.5, 0.6) is 0 Å². The number of fused-ring (bicyclic) bond motifs is 1. The maximum atomic E-state index is 14.1. The minimum Gasteiger partial charge on any atom is -0.481 e. The number of benzene rings is 1. The van der Waals surface area contributed by atoms with E-state index in [1.165, 1.54) is 17.3 Å². The predicted molar refractivity (Wildman–Crippen MR) is 178 cm³/mol. The summed E-state index contributed by atoms with van der Waals surface area (Å²) in [6.07, 6.45) is -12.6. The van der Waals surface area contributed by atoms with Crippen LogP contribution >= 0.6 is 0 Å². The normalized spacial score (nSPS) is 17.9. The number of hydrogen-bond donors (Lipinski definition) is 1. The molecule has 0 spiro atoms. The summed E-state index contributed by atoms with van der Waals surface area (Å²) in [5.41, 5.74) is -5.00. The molecule has 0 bridgehead atoms. The monoisotopic (exact) mass is 792 g/mol. The van der Waals surface area contributed by atoms with Crippen LogP contribution < -0.4 is 14.7 Å². The average molecular weight is 793 g/mol.